The van der Waals surface area contributed by atoms with Crippen molar-refractivity contribution < 1.29 is 4.79 Å². The number of nitrogens with one attached hydrogen (secondary N) is 1. The lowest BCUT2D eigenvalue weighted by molar-refractivity contribution is -0.119. The Morgan fingerprint density at radius 1 is 1.43 bits per heavy atom. The molecular formula is C17H19N3O. The average molecular weight is 281 g/mol. The molecule has 1 N–H and O–H groups in total. The van der Waals surface area contributed by atoms with Crippen LogP contribution in [0, 0.1) is 0 Å². The Hall–Kier alpha value is -2.36. The quantitative estimate of drug-likeness (QED) is 0.925. The minimum absolute atomic E-state index is 0.000832. The number of carbonyl (C=O) groups excluding carboxylic acids is 1. The van der Waals surface area contributed by atoms with E-state index in [0.717, 1.165) is 36.5 Å². The molecule has 108 valence electrons. The van der Waals surface area contributed by atoms with E-state index in [1.165, 1.54) is 5.56 Å². The van der Waals surface area contributed by atoms with E-state index in [0.29, 0.717) is 0 Å². The second kappa shape index (κ2) is 5.56. The third-order valence-electron chi connectivity index (χ3n) is 3.96. The third kappa shape index (κ3) is 2.61. The van der Waals surface area contributed by atoms with E-state index in [1.807, 2.05) is 35.2 Å². The molecular weight excluding hydrogens is 262 g/mol. The summed E-state index contributed by atoms with van der Waals surface area (Å²) in [6.07, 6.45) is 6.17. The minimum atomic E-state index is -0.216. The monoisotopic (exact) mass is 281 g/mol. The number of allylic oxidation sites excluding steroid dienone is 1. The van der Waals surface area contributed by atoms with Gasteiger partial charge in [0.25, 0.3) is 0 Å². The first kappa shape index (κ1) is 13.6. The van der Waals surface area contributed by atoms with E-state index < -0.39 is 0 Å². The fraction of sp³-hybridized carbons (Fsp3) is 0.294. The average Bonchev–Trinajstić information content (AvgIpc) is 2.93. The number of fused-ring (bicyclic) bond motifs is 1. The molecule has 4 nitrogen and oxygen atoms in total. The first-order valence-electron chi connectivity index (χ1n) is 7.30. The maximum absolute atomic E-state index is 12.5. The van der Waals surface area contributed by atoms with Crippen LogP contribution < -0.4 is 5.32 Å². The first-order valence-corrected chi connectivity index (χ1v) is 7.30. The fourth-order valence-electron chi connectivity index (χ4n) is 2.78. The van der Waals surface area contributed by atoms with E-state index in [2.05, 4.69) is 23.8 Å². The number of aliphatic imine (C=N–C) groups is 1. The van der Waals surface area contributed by atoms with Crippen LogP contribution >= 0.6 is 0 Å². The van der Waals surface area contributed by atoms with Crippen LogP contribution in [0.15, 0.2) is 53.8 Å². The van der Waals surface area contributed by atoms with Gasteiger partial charge in [0.1, 0.15) is 11.9 Å². The Bertz CT molecular complexity index is 628. The smallest absolute Gasteiger partial charge is 0.247 e. The number of hydrogen-bond donors (Lipinski definition) is 1. The molecule has 0 spiro atoms. The van der Waals surface area contributed by atoms with Gasteiger partial charge in [-0.3, -0.25) is 4.79 Å². The van der Waals surface area contributed by atoms with Crippen LogP contribution in [-0.4, -0.2) is 22.7 Å². The van der Waals surface area contributed by atoms with Crippen molar-refractivity contribution in [1.29, 1.82) is 0 Å². The van der Waals surface area contributed by atoms with Gasteiger partial charge in [0.05, 0.1) is 0 Å². The van der Waals surface area contributed by atoms with Crippen molar-refractivity contribution in [3.8, 4) is 0 Å². The van der Waals surface area contributed by atoms with Gasteiger partial charge in [-0.1, -0.05) is 25.6 Å². The predicted molar refractivity (Wildman–Crippen MR) is 85.0 cm³/mol. The summed E-state index contributed by atoms with van der Waals surface area (Å²) in [7, 11) is 0. The molecule has 1 aromatic carbocycles. The highest BCUT2D eigenvalue weighted by atomic mass is 16.2. The largest absolute Gasteiger partial charge is 0.324 e. The molecule has 1 atom stereocenters. The standard InChI is InChI=1S/C17H19N3O/c1-3-13-4-6-14(7-5-13)19-17(21)15-8-9-16-18-11-10-12(2)20(15)16/h4-7,10-11,15H,2-3,8-9H2,1H3,(H,19,21). The number of hydrogen-bond acceptors (Lipinski definition) is 3. The number of carbonyl (C=O) groups is 1. The highest BCUT2D eigenvalue weighted by molar-refractivity contribution is 6.01. The summed E-state index contributed by atoms with van der Waals surface area (Å²) in [4.78, 5) is 18.8. The molecule has 0 aromatic heterocycles. The van der Waals surface area contributed by atoms with Gasteiger partial charge < -0.3 is 10.2 Å². The van der Waals surface area contributed by atoms with E-state index in [1.54, 1.807) is 6.20 Å². The van der Waals surface area contributed by atoms with Gasteiger partial charge in [-0.15, -0.1) is 0 Å². The van der Waals surface area contributed by atoms with Crippen LogP contribution in [0.5, 0.6) is 0 Å². The van der Waals surface area contributed by atoms with Crippen molar-refractivity contribution in [1.82, 2.24) is 4.90 Å². The highest BCUT2D eigenvalue weighted by Crippen LogP contribution is 2.28. The Morgan fingerprint density at radius 2 is 2.19 bits per heavy atom. The van der Waals surface area contributed by atoms with Crippen LogP contribution in [0.3, 0.4) is 0 Å². The zero-order chi connectivity index (χ0) is 14.8. The lowest BCUT2D eigenvalue weighted by Gasteiger charge is -2.28. The molecule has 1 fully saturated rings. The summed E-state index contributed by atoms with van der Waals surface area (Å²) in [5.41, 5.74) is 2.93. The highest BCUT2D eigenvalue weighted by Gasteiger charge is 2.36. The van der Waals surface area contributed by atoms with E-state index in [9.17, 15) is 4.79 Å². The summed E-state index contributed by atoms with van der Waals surface area (Å²) in [5.74, 6) is 0.935. The molecule has 0 bridgehead atoms. The second-order valence-corrected chi connectivity index (χ2v) is 5.32. The van der Waals surface area contributed by atoms with Crippen molar-refractivity contribution in [2.24, 2.45) is 4.99 Å². The fourth-order valence-corrected chi connectivity index (χ4v) is 2.78. The van der Waals surface area contributed by atoms with Gasteiger partial charge in [-0.25, -0.2) is 4.99 Å². The molecule has 0 aliphatic carbocycles. The number of benzene rings is 1. The Kier molecular flexibility index (Phi) is 3.60. The Labute approximate surface area is 124 Å². The zero-order valence-corrected chi connectivity index (χ0v) is 12.2. The van der Waals surface area contributed by atoms with Gasteiger partial charge in [0.15, 0.2) is 0 Å². The second-order valence-electron chi connectivity index (χ2n) is 5.32. The summed E-state index contributed by atoms with van der Waals surface area (Å²) in [6, 6.07) is 7.77. The van der Waals surface area contributed by atoms with Crippen molar-refractivity contribution in [2.75, 3.05) is 5.32 Å². The lowest BCUT2D eigenvalue weighted by atomic mass is 10.1. The predicted octanol–water partition coefficient (Wildman–Crippen LogP) is 3.09. The molecule has 3 rings (SSSR count). The van der Waals surface area contributed by atoms with Crippen molar-refractivity contribution in [3.05, 3.63) is 54.4 Å². The summed E-state index contributed by atoms with van der Waals surface area (Å²) in [5, 5.41) is 2.99. The summed E-state index contributed by atoms with van der Waals surface area (Å²) in [6.45, 7) is 6.11. The molecule has 1 saturated heterocycles. The Morgan fingerprint density at radius 3 is 2.90 bits per heavy atom. The minimum Gasteiger partial charge on any atom is -0.324 e. The van der Waals surface area contributed by atoms with Crippen LogP contribution in [-0.2, 0) is 11.2 Å². The van der Waals surface area contributed by atoms with E-state index in [4.69, 9.17) is 0 Å². The van der Waals surface area contributed by atoms with Crippen molar-refractivity contribution >= 4 is 17.4 Å². The zero-order valence-electron chi connectivity index (χ0n) is 12.2. The molecule has 21 heavy (non-hydrogen) atoms. The molecule has 1 aromatic rings. The van der Waals surface area contributed by atoms with Gasteiger partial charge in [0.2, 0.25) is 5.91 Å². The number of aryl methyl sites for hydroxylation is 1. The summed E-state index contributed by atoms with van der Waals surface area (Å²) < 4.78 is 0. The Balaban J connectivity index is 1.72. The van der Waals surface area contributed by atoms with Crippen molar-refractivity contribution in [3.63, 3.8) is 0 Å². The maximum atomic E-state index is 12.5. The maximum Gasteiger partial charge on any atom is 0.247 e. The van der Waals surface area contributed by atoms with Crippen LogP contribution in [0.2, 0.25) is 0 Å². The van der Waals surface area contributed by atoms with Crippen LogP contribution in [0.1, 0.15) is 25.3 Å². The molecule has 2 heterocycles. The van der Waals surface area contributed by atoms with Gasteiger partial charge >= 0.3 is 0 Å². The van der Waals surface area contributed by atoms with Gasteiger partial charge in [0, 0.05) is 24.0 Å². The third-order valence-corrected chi connectivity index (χ3v) is 3.96. The molecule has 0 saturated carbocycles. The molecule has 1 amide bonds. The van der Waals surface area contributed by atoms with Crippen molar-refractivity contribution in [2.45, 2.75) is 32.2 Å². The number of anilines is 1. The normalized spacial score (nSPS) is 20.2. The summed E-state index contributed by atoms with van der Waals surface area (Å²) >= 11 is 0. The number of amidine groups is 1. The van der Waals surface area contributed by atoms with E-state index >= 15 is 0 Å². The van der Waals surface area contributed by atoms with Crippen LogP contribution in [0.4, 0.5) is 5.69 Å². The van der Waals surface area contributed by atoms with Gasteiger partial charge in [-0.2, -0.15) is 0 Å². The molecule has 0 radical (unpaired) electrons. The SMILES string of the molecule is C=C1C=CN=C2CCC(C(=O)Nc3ccc(CC)cc3)N12. The molecule has 4 heteroatoms. The first-order chi connectivity index (χ1) is 10.2. The van der Waals surface area contributed by atoms with Gasteiger partial charge in [-0.05, 0) is 36.6 Å². The van der Waals surface area contributed by atoms with E-state index in [-0.39, 0.29) is 11.9 Å². The molecule has 2 aliphatic heterocycles. The number of rotatable bonds is 3. The molecule has 2 aliphatic rings. The number of amides is 1. The lowest BCUT2D eigenvalue weighted by Crippen LogP contribution is -2.41. The van der Waals surface area contributed by atoms with Crippen LogP contribution in [0.25, 0.3) is 0 Å². The molecule has 1 unspecified atom stereocenters. The number of nitrogens with zero attached hydrogens (tertiary/aromatic N) is 2. The topological polar surface area (TPSA) is 44.7 Å².